The average Bonchev–Trinajstić information content (AvgIpc) is 2.52. The predicted molar refractivity (Wildman–Crippen MR) is 76.2 cm³/mol. The summed E-state index contributed by atoms with van der Waals surface area (Å²) in [6.07, 6.45) is 4.00. The van der Waals surface area contributed by atoms with Crippen LogP contribution in [0.4, 0.5) is 5.82 Å². The zero-order valence-electron chi connectivity index (χ0n) is 11.3. The van der Waals surface area contributed by atoms with E-state index in [1.807, 2.05) is 25.1 Å². The predicted octanol–water partition coefficient (Wildman–Crippen LogP) is 1.62. The second-order valence-electron chi connectivity index (χ2n) is 4.22. The molecular formula is C14H17N5O. The van der Waals surface area contributed by atoms with Gasteiger partial charge in [-0.15, -0.1) is 0 Å². The quantitative estimate of drug-likeness (QED) is 0.834. The van der Waals surface area contributed by atoms with Crippen molar-refractivity contribution in [3.8, 4) is 0 Å². The van der Waals surface area contributed by atoms with Gasteiger partial charge in [-0.2, -0.15) is 0 Å². The third-order valence-corrected chi connectivity index (χ3v) is 2.61. The Morgan fingerprint density at radius 1 is 1.25 bits per heavy atom. The topological polar surface area (TPSA) is 79.8 Å². The van der Waals surface area contributed by atoms with Crippen LogP contribution in [0, 0.1) is 0 Å². The van der Waals surface area contributed by atoms with Crippen molar-refractivity contribution in [2.45, 2.75) is 19.9 Å². The molecule has 2 N–H and O–H groups in total. The summed E-state index contributed by atoms with van der Waals surface area (Å²) in [5.74, 6) is 0.419. The highest BCUT2D eigenvalue weighted by Gasteiger charge is 2.07. The Hall–Kier alpha value is -2.50. The second-order valence-corrected chi connectivity index (χ2v) is 4.22. The Morgan fingerprint density at radius 2 is 2.15 bits per heavy atom. The van der Waals surface area contributed by atoms with Crippen molar-refractivity contribution in [2.24, 2.45) is 0 Å². The first-order valence-electron chi connectivity index (χ1n) is 6.53. The molecule has 0 saturated carbocycles. The van der Waals surface area contributed by atoms with E-state index in [-0.39, 0.29) is 5.91 Å². The molecule has 2 rings (SSSR count). The van der Waals surface area contributed by atoms with Gasteiger partial charge in [-0.25, -0.2) is 9.97 Å². The van der Waals surface area contributed by atoms with E-state index in [1.54, 1.807) is 12.3 Å². The van der Waals surface area contributed by atoms with Gasteiger partial charge in [0.15, 0.2) is 0 Å². The monoisotopic (exact) mass is 271 g/mol. The summed E-state index contributed by atoms with van der Waals surface area (Å²) in [5, 5.41) is 5.90. The first-order chi connectivity index (χ1) is 9.79. The number of nitrogens with zero attached hydrogens (tertiary/aromatic N) is 3. The Labute approximate surface area is 117 Å². The lowest BCUT2D eigenvalue weighted by molar-refractivity contribution is 0.0948. The molecule has 104 valence electrons. The number of aromatic nitrogens is 3. The van der Waals surface area contributed by atoms with Crippen LogP contribution in [-0.4, -0.2) is 27.4 Å². The van der Waals surface area contributed by atoms with E-state index in [1.165, 1.54) is 6.33 Å². The van der Waals surface area contributed by atoms with Gasteiger partial charge in [0.1, 0.15) is 17.8 Å². The van der Waals surface area contributed by atoms with Gasteiger partial charge in [0.25, 0.3) is 5.91 Å². The molecule has 1 amide bonds. The van der Waals surface area contributed by atoms with Crippen LogP contribution in [0.2, 0.25) is 0 Å². The van der Waals surface area contributed by atoms with Crippen LogP contribution >= 0.6 is 0 Å². The number of hydrogen-bond acceptors (Lipinski definition) is 5. The maximum Gasteiger partial charge on any atom is 0.270 e. The van der Waals surface area contributed by atoms with Gasteiger partial charge in [-0.05, 0) is 18.6 Å². The fourth-order valence-corrected chi connectivity index (χ4v) is 1.59. The van der Waals surface area contributed by atoms with E-state index in [9.17, 15) is 4.79 Å². The van der Waals surface area contributed by atoms with Crippen LogP contribution in [0.25, 0.3) is 0 Å². The summed E-state index contributed by atoms with van der Waals surface area (Å²) in [7, 11) is 0. The number of anilines is 1. The lowest BCUT2D eigenvalue weighted by atomic mass is 10.3. The van der Waals surface area contributed by atoms with Gasteiger partial charge < -0.3 is 10.6 Å². The van der Waals surface area contributed by atoms with Crippen molar-refractivity contribution in [2.75, 3.05) is 11.9 Å². The fourth-order valence-electron chi connectivity index (χ4n) is 1.59. The highest BCUT2D eigenvalue weighted by atomic mass is 16.1. The molecular weight excluding hydrogens is 254 g/mol. The van der Waals surface area contributed by atoms with Crippen molar-refractivity contribution in [3.63, 3.8) is 0 Å². The maximum absolute atomic E-state index is 11.8. The molecule has 0 fully saturated rings. The van der Waals surface area contributed by atoms with Gasteiger partial charge in [0.05, 0.1) is 12.2 Å². The van der Waals surface area contributed by atoms with Crippen LogP contribution in [0.1, 0.15) is 29.5 Å². The summed E-state index contributed by atoms with van der Waals surface area (Å²) in [6, 6.07) is 7.34. The van der Waals surface area contributed by atoms with E-state index in [0.717, 1.165) is 12.1 Å². The van der Waals surface area contributed by atoms with Gasteiger partial charge >= 0.3 is 0 Å². The minimum absolute atomic E-state index is 0.185. The van der Waals surface area contributed by atoms with Crippen molar-refractivity contribution in [1.82, 2.24) is 20.3 Å². The standard InChI is InChI=1S/C14H17N5O/c1-2-6-16-14(20)12-8-13(19-10-18-12)17-9-11-5-3-4-7-15-11/h3-5,7-8,10H,2,6,9H2,1H3,(H,16,20)(H,17,18,19). The van der Waals surface area contributed by atoms with Crippen molar-refractivity contribution >= 4 is 11.7 Å². The molecule has 2 heterocycles. The van der Waals surface area contributed by atoms with Gasteiger partial charge in [-0.3, -0.25) is 9.78 Å². The molecule has 0 spiro atoms. The highest BCUT2D eigenvalue weighted by molar-refractivity contribution is 5.92. The summed E-state index contributed by atoms with van der Waals surface area (Å²) in [5.41, 5.74) is 1.26. The number of carbonyl (C=O) groups excluding carboxylic acids is 1. The SMILES string of the molecule is CCCNC(=O)c1cc(NCc2ccccn2)ncn1. The molecule has 6 nitrogen and oxygen atoms in total. The first kappa shape index (κ1) is 13.9. The fraction of sp³-hybridized carbons (Fsp3) is 0.286. The molecule has 0 aliphatic carbocycles. The third-order valence-electron chi connectivity index (χ3n) is 2.61. The molecule has 0 atom stereocenters. The molecule has 0 aliphatic heterocycles. The number of nitrogens with one attached hydrogen (secondary N) is 2. The number of rotatable bonds is 6. The molecule has 0 aromatic carbocycles. The number of hydrogen-bond donors (Lipinski definition) is 2. The third kappa shape index (κ3) is 4.01. The lowest BCUT2D eigenvalue weighted by Crippen LogP contribution is -2.25. The molecule has 0 radical (unpaired) electrons. The Morgan fingerprint density at radius 3 is 2.90 bits per heavy atom. The van der Waals surface area contributed by atoms with E-state index in [4.69, 9.17) is 0 Å². The molecule has 2 aromatic heterocycles. The zero-order valence-corrected chi connectivity index (χ0v) is 11.3. The average molecular weight is 271 g/mol. The van der Waals surface area contributed by atoms with E-state index >= 15 is 0 Å². The smallest absolute Gasteiger partial charge is 0.270 e. The summed E-state index contributed by atoms with van der Waals surface area (Å²) >= 11 is 0. The van der Waals surface area contributed by atoms with Gasteiger partial charge in [-0.1, -0.05) is 13.0 Å². The second kappa shape index (κ2) is 7.18. The molecule has 0 unspecified atom stereocenters. The Kier molecular flexibility index (Phi) is 5.00. The number of amides is 1. The molecule has 2 aromatic rings. The minimum Gasteiger partial charge on any atom is -0.364 e. The molecule has 0 aliphatic rings. The van der Waals surface area contributed by atoms with Crippen LogP contribution in [0.5, 0.6) is 0 Å². The van der Waals surface area contributed by atoms with E-state index in [2.05, 4.69) is 25.6 Å². The van der Waals surface area contributed by atoms with Gasteiger partial charge in [0.2, 0.25) is 0 Å². The summed E-state index contributed by atoms with van der Waals surface area (Å²) < 4.78 is 0. The van der Waals surface area contributed by atoms with Crippen molar-refractivity contribution in [1.29, 1.82) is 0 Å². The molecule has 0 bridgehead atoms. The van der Waals surface area contributed by atoms with Crippen LogP contribution in [0.3, 0.4) is 0 Å². The van der Waals surface area contributed by atoms with E-state index in [0.29, 0.717) is 24.6 Å². The highest BCUT2D eigenvalue weighted by Crippen LogP contribution is 2.06. The molecule has 0 saturated heterocycles. The number of pyridine rings is 1. The van der Waals surface area contributed by atoms with Crippen LogP contribution < -0.4 is 10.6 Å². The van der Waals surface area contributed by atoms with Crippen LogP contribution in [0.15, 0.2) is 36.8 Å². The van der Waals surface area contributed by atoms with E-state index < -0.39 is 0 Å². The lowest BCUT2D eigenvalue weighted by Gasteiger charge is -2.06. The number of carbonyl (C=O) groups is 1. The van der Waals surface area contributed by atoms with Gasteiger partial charge in [0, 0.05) is 18.8 Å². The van der Waals surface area contributed by atoms with Crippen molar-refractivity contribution in [3.05, 3.63) is 48.2 Å². The maximum atomic E-state index is 11.8. The largest absolute Gasteiger partial charge is 0.364 e. The normalized spacial score (nSPS) is 10.1. The Bertz CT molecular complexity index is 559. The summed E-state index contributed by atoms with van der Waals surface area (Å²) in [4.78, 5) is 24.1. The molecule has 20 heavy (non-hydrogen) atoms. The van der Waals surface area contributed by atoms with Crippen LogP contribution in [-0.2, 0) is 6.54 Å². The summed E-state index contributed by atoms with van der Waals surface area (Å²) in [6.45, 7) is 3.19. The first-order valence-corrected chi connectivity index (χ1v) is 6.53. The Balaban J connectivity index is 1.97. The molecule has 6 heteroatoms. The zero-order chi connectivity index (χ0) is 14.2. The van der Waals surface area contributed by atoms with Crippen molar-refractivity contribution < 1.29 is 4.79 Å². The minimum atomic E-state index is -0.185.